The average molecular weight is 275 g/mol. The van der Waals surface area contributed by atoms with Crippen LogP contribution in [0.4, 0.5) is 0 Å². The van der Waals surface area contributed by atoms with Crippen LogP contribution in [0.15, 0.2) is 30.3 Å². The van der Waals surface area contributed by atoms with Crippen molar-refractivity contribution in [3.8, 4) is 5.75 Å². The highest BCUT2D eigenvalue weighted by atomic mass is 16.5. The normalized spacial score (nSPS) is 15.8. The molecular formula is C15H17NO4. The van der Waals surface area contributed by atoms with E-state index in [2.05, 4.69) is 5.32 Å². The fourth-order valence-corrected chi connectivity index (χ4v) is 1.93. The van der Waals surface area contributed by atoms with Gasteiger partial charge in [-0.2, -0.15) is 0 Å². The van der Waals surface area contributed by atoms with Crippen molar-refractivity contribution >= 4 is 18.0 Å². The van der Waals surface area contributed by atoms with Crippen LogP contribution in [0.3, 0.4) is 0 Å². The lowest BCUT2D eigenvalue weighted by atomic mass is 10.1. The van der Waals surface area contributed by atoms with E-state index >= 15 is 0 Å². The average Bonchev–Trinajstić information content (AvgIpc) is 3.27. The molecule has 1 fully saturated rings. The first-order valence-electron chi connectivity index (χ1n) is 6.45. The Morgan fingerprint density at radius 1 is 1.45 bits per heavy atom. The molecule has 2 N–H and O–H groups in total. The number of nitrogens with one attached hydrogen (secondary N) is 1. The standard InChI is InChI=1S/C15H17NO4/c1-20-12-4-2-3-10(9-12)5-8-13(17)16-14(15(18)19)11-6-7-11/h2-5,8-9,11,14H,6-7H2,1H3,(H,16,17)(H,18,19). The second kappa shape index (κ2) is 6.23. The van der Waals surface area contributed by atoms with Crippen LogP contribution >= 0.6 is 0 Å². The Labute approximate surface area is 117 Å². The first-order valence-corrected chi connectivity index (χ1v) is 6.45. The van der Waals surface area contributed by atoms with Crippen molar-refractivity contribution in [2.75, 3.05) is 7.11 Å². The van der Waals surface area contributed by atoms with Crippen LogP contribution in [0, 0.1) is 5.92 Å². The van der Waals surface area contributed by atoms with Gasteiger partial charge >= 0.3 is 5.97 Å². The minimum Gasteiger partial charge on any atom is -0.497 e. The molecule has 0 saturated heterocycles. The Bertz CT molecular complexity index is 534. The summed E-state index contributed by atoms with van der Waals surface area (Å²) in [5.74, 6) is -0.599. The maximum absolute atomic E-state index is 11.7. The third-order valence-corrected chi connectivity index (χ3v) is 3.18. The van der Waals surface area contributed by atoms with E-state index in [-0.39, 0.29) is 5.92 Å². The van der Waals surface area contributed by atoms with Crippen molar-refractivity contribution in [1.29, 1.82) is 0 Å². The summed E-state index contributed by atoms with van der Waals surface area (Å²) in [5.41, 5.74) is 0.817. The van der Waals surface area contributed by atoms with Gasteiger partial charge in [-0.15, -0.1) is 0 Å². The number of amides is 1. The summed E-state index contributed by atoms with van der Waals surface area (Å²) in [6.07, 6.45) is 4.68. The van der Waals surface area contributed by atoms with Gasteiger partial charge in [0.15, 0.2) is 0 Å². The van der Waals surface area contributed by atoms with Gasteiger partial charge < -0.3 is 15.2 Å². The fourth-order valence-electron chi connectivity index (χ4n) is 1.93. The fraction of sp³-hybridized carbons (Fsp3) is 0.333. The number of rotatable bonds is 6. The smallest absolute Gasteiger partial charge is 0.326 e. The van der Waals surface area contributed by atoms with E-state index in [1.807, 2.05) is 18.2 Å². The molecule has 106 valence electrons. The first-order chi connectivity index (χ1) is 9.60. The summed E-state index contributed by atoms with van der Waals surface area (Å²) in [7, 11) is 1.57. The Balaban J connectivity index is 1.95. The van der Waals surface area contributed by atoms with E-state index in [1.165, 1.54) is 6.08 Å². The third kappa shape index (κ3) is 3.85. The molecule has 0 spiro atoms. The minimum atomic E-state index is -0.976. The number of aliphatic carboxylic acids is 1. The Morgan fingerprint density at radius 2 is 2.20 bits per heavy atom. The lowest BCUT2D eigenvalue weighted by Gasteiger charge is -2.11. The summed E-state index contributed by atoms with van der Waals surface area (Å²) in [5, 5.41) is 11.6. The van der Waals surface area contributed by atoms with E-state index < -0.39 is 17.9 Å². The summed E-state index contributed by atoms with van der Waals surface area (Å²) < 4.78 is 5.09. The number of carbonyl (C=O) groups excluding carboxylic acids is 1. The van der Waals surface area contributed by atoms with Crippen LogP contribution in [0.1, 0.15) is 18.4 Å². The maximum Gasteiger partial charge on any atom is 0.326 e. The number of hydrogen-bond acceptors (Lipinski definition) is 3. The lowest BCUT2D eigenvalue weighted by Crippen LogP contribution is -2.41. The van der Waals surface area contributed by atoms with Gasteiger partial charge in [0.2, 0.25) is 5.91 Å². The number of benzene rings is 1. The molecule has 1 atom stereocenters. The van der Waals surface area contributed by atoms with Crippen LogP contribution in [0.25, 0.3) is 6.08 Å². The lowest BCUT2D eigenvalue weighted by molar-refractivity contribution is -0.141. The highest BCUT2D eigenvalue weighted by Crippen LogP contribution is 2.32. The molecule has 5 heteroatoms. The highest BCUT2D eigenvalue weighted by Gasteiger charge is 2.36. The van der Waals surface area contributed by atoms with Gasteiger partial charge in [-0.05, 0) is 42.5 Å². The molecule has 20 heavy (non-hydrogen) atoms. The number of carboxylic acids is 1. The Morgan fingerprint density at radius 3 is 2.80 bits per heavy atom. The predicted octanol–water partition coefficient (Wildman–Crippen LogP) is 1.69. The number of ether oxygens (including phenoxy) is 1. The van der Waals surface area contributed by atoms with E-state index in [9.17, 15) is 9.59 Å². The van der Waals surface area contributed by atoms with Crippen molar-refractivity contribution in [2.24, 2.45) is 5.92 Å². The van der Waals surface area contributed by atoms with Gasteiger partial charge in [-0.1, -0.05) is 12.1 Å². The van der Waals surface area contributed by atoms with Crippen LogP contribution < -0.4 is 10.1 Å². The van der Waals surface area contributed by atoms with Gasteiger partial charge in [-0.3, -0.25) is 4.79 Å². The van der Waals surface area contributed by atoms with Crippen LogP contribution in [-0.2, 0) is 9.59 Å². The second-order valence-corrected chi connectivity index (χ2v) is 4.77. The van der Waals surface area contributed by atoms with Crippen molar-refractivity contribution in [2.45, 2.75) is 18.9 Å². The third-order valence-electron chi connectivity index (χ3n) is 3.18. The van der Waals surface area contributed by atoms with E-state index in [4.69, 9.17) is 9.84 Å². The summed E-state index contributed by atoms with van der Waals surface area (Å²) in [6.45, 7) is 0. The van der Waals surface area contributed by atoms with E-state index in [0.29, 0.717) is 5.75 Å². The molecule has 1 amide bonds. The summed E-state index contributed by atoms with van der Waals surface area (Å²) >= 11 is 0. The molecule has 1 aliphatic carbocycles. The molecule has 1 aromatic carbocycles. The number of hydrogen-bond donors (Lipinski definition) is 2. The molecule has 0 aromatic heterocycles. The van der Waals surface area contributed by atoms with Crippen LogP contribution in [0.5, 0.6) is 5.75 Å². The van der Waals surface area contributed by atoms with Crippen LogP contribution in [0.2, 0.25) is 0 Å². The quantitative estimate of drug-likeness (QED) is 0.775. The molecule has 1 aromatic rings. The zero-order chi connectivity index (χ0) is 14.5. The van der Waals surface area contributed by atoms with Gasteiger partial charge in [0.05, 0.1) is 7.11 Å². The zero-order valence-electron chi connectivity index (χ0n) is 11.2. The second-order valence-electron chi connectivity index (χ2n) is 4.77. The monoisotopic (exact) mass is 275 g/mol. The van der Waals surface area contributed by atoms with Crippen molar-refractivity contribution < 1.29 is 19.4 Å². The molecule has 2 rings (SSSR count). The molecule has 1 unspecified atom stereocenters. The predicted molar refractivity (Wildman–Crippen MR) is 74.3 cm³/mol. The Hall–Kier alpha value is -2.30. The minimum absolute atomic E-state index is 0.0710. The largest absolute Gasteiger partial charge is 0.497 e. The maximum atomic E-state index is 11.7. The number of methoxy groups -OCH3 is 1. The SMILES string of the molecule is COc1cccc(C=CC(=O)NC(C(=O)O)C2CC2)c1. The molecule has 5 nitrogen and oxygen atoms in total. The van der Waals surface area contributed by atoms with Crippen LogP contribution in [-0.4, -0.2) is 30.1 Å². The Kier molecular flexibility index (Phi) is 4.40. The molecule has 1 aliphatic rings. The van der Waals surface area contributed by atoms with Crippen molar-refractivity contribution in [3.63, 3.8) is 0 Å². The first kappa shape index (κ1) is 14.1. The molecule has 0 aliphatic heterocycles. The zero-order valence-corrected chi connectivity index (χ0v) is 11.2. The topological polar surface area (TPSA) is 75.6 Å². The van der Waals surface area contributed by atoms with Crippen molar-refractivity contribution in [3.05, 3.63) is 35.9 Å². The number of carboxylic acid groups (broad SMARTS) is 1. The van der Waals surface area contributed by atoms with Gasteiger partial charge in [0.1, 0.15) is 11.8 Å². The van der Waals surface area contributed by atoms with Gasteiger partial charge in [0.25, 0.3) is 0 Å². The molecule has 1 saturated carbocycles. The molecule has 0 heterocycles. The molecule has 0 radical (unpaired) electrons. The van der Waals surface area contributed by atoms with Crippen molar-refractivity contribution in [1.82, 2.24) is 5.32 Å². The number of carbonyl (C=O) groups is 2. The molecular weight excluding hydrogens is 258 g/mol. The van der Waals surface area contributed by atoms with E-state index in [0.717, 1.165) is 18.4 Å². The highest BCUT2D eigenvalue weighted by molar-refractivity contribution is 5.94. The summed E-state index contributed by atoms with van der Waals surface area (Å²) in [4.78, 5) is 22.7. The van der Waals surface area contributed by atoms with E-state index in [1.54, 1.807) is 19.3 Å². The van der Waals surface area contributed by atoms with Gasteiger partial charge in [0, 0.05) is 6.08 Å². The molecule has 0 bridgehead atoms. The van der Waals surface area contributed by atoms with Gasteiger partial charge in [-0.25, -0.2) is 4.79 Å². The summed E-state index contributed by atoms with van der Waals surface area (Å²) in [6, 6.07) is 6.48.